The number of ether oxygens (including phenoxy) is 1. The van der Waals surface area contributed by atoms with Crippen molar-refractivity contribution < 1.29 is 9.53 Å². The molecule has 3 N–H and O–H groups in total. The number of aromatic nitrogens is 2. The number of hydrogen-bond acceptors (Lipinski definition) is 5. The second-order valence-electron chi connectivity index (χ2n) is 4.54. The first-order chi connectivity index (χ1) is 8.58. The van der Waals surface area contributed by atoms with Crippen molar-refractivity contribution in [3.05, 3.63) is 11.9 Å². The molecule has 1 saturated heterocycles. The summed E-state index contributed by atoms with van der Waals surface area (Å²) in [6.07, 6.45) is 1.50. The number of carbonyl (C=O) groups is 1. The number of nitrogens with zero attached hydrogens (tertiary/aromatic N) is 3. The smallest absolute Gasteiger partial charge is 0.271 e. The van der Waals surface area contributed by atoms with Gasteiger partial charge in [-0.15, -0.1) is 0 Å². The summed E-state index contributed by atoms with van der Waals surface area (Å²) in [6.45, 7) is 2.93. The highest BCUT2D eigenvalue weighted by Crippen LogP contribution is 2.09. The maximum absolute atomic E-state index is 12.0. The number of rotatable bonds is 3. The Bertz CT molecular complexity index is 412. The van der Waals surface area contributed by atoms with E-state index in [1.165, 1.54) is 10.9 Å². The van der Waals surface area contributed by atoms with Gasteiger partial charge in [0.25, 0.3) is 5.91 Å². The summed E-state index contributed by atoms with van der Waals surface area (Å²) in [5.41, 5.74) is 6.46. The maximum Gasteiger partial charge on any atom is 0.271 e. The van der Waals surface area contributed by atoms with Gasteiger partial charge in [0.15, 0.2) is 0 Å². The molecule has 100 valence electrons. The monoisotopic (exact) mass is 253 g/mol. The van der Waals surface area contributed by atoms with Gasteiger partial charge in [0.05, 0.1) is 24.6 Å². The van der Waals surface area contributed by atoms with Gasteiger partial charge in [-0.25, -0.2) is 0 Å². The maximum atomic E-state index is 12.0. The van der Waals surface area contributed by atoms with Gasteiger partial charge in [-0.1, -0.05) is 0 Å². The molecule has 18 heavy (non-hydrogen) atoms. The minimum absolute atomic E-state index is 0.0298. The van der Waals surface area contributed by atoms with Crippen LogP contribution in [0.1, 0.15) is 10.5 Å². The van der Waals surface area contributed by atoms with Crippen LogP contribution in [0, 0.1) is 0 Å². The van der Waals surface area contributed by atoms with E-state index in [0.29, 0.717) is 24.5 Å². The van der Waals surface area contributed by atoms with Gasteiger partial charge in [-0.05, 0) is 7.05 Å². The lowest BCUT2D eigenvalue weighted by Crippen LogP contribution is -2.46. The van der Waals surface area contributed by atoms with Crippen LogP contribution in [0.3, 0.4) is 0 Å². The predicted molar refractivity (Wildman–Crippen MR) is 67.2 cm³/mol. The minimum atomic E-state index is -0.218. The van der Waals surface area contributed by atoms with E-state index in [2.05, 4.69) is 15.3 Å². The molecule has 7 heteroatoms. The summed E-state index contributed by atoms with van der Waals surface area (Å²) in [4.78, 5) is 14.1. The van der Waals surface area contributed by atoms with Gasteiger partial charge in [0, 0.05) is 26.7 Å². The topological polar surface area (TPSA) is 85.4 Å². The summed E-state index contributed by atoms with van der Waals surface area (Å²) in [6, 6.07) is 0. The zero-order chi connectivity index (χ0) is 13.1. The molecule has 1 aliphatic heterocycles. The highest BCUT2D eigenvalue weighted by Gasteiger charge is 2.20. The minimum Gasteiger partial charge on any atom is -0.396 e. The van der Waals surface area contributed by atoms with Gasteiger partial charge in [0.1, 0.15) is 5.69 Å². The van der Waals surface area contributed by atoms with Crippen LogP contribution >= 0.6 is 0 Å². The van der Waals surface area contributed by atoms with Crippen LogP contribution in [-0.4, -0.2) is 60.0 Å². The number of nitrogen functional groups attached to an aromatic ring is 1. The standard InChI is InChI=1S/C11H19N5O2/c1-15-3-4-18-8(7-15)5-13-11(17)10-9(12)6-14-16(10)2/h6,8H,3-5,7,12H2,1-2H3,(H,13,17). The molecule has 1 aliphatic rings. The molecule has 1 unspecified atom stereocenters. The Balaban J connectivity index is 1.88. The second-order valence-corrected chi connectivity index (χ2v) is 4.54. The number of anilines is 1. The molecular weight excluding hydrogens is 234 g/mol. The molecule has 1 fully saturated rings. The molecule has 0 saturated carbocycles. The highest BCUT2D eigenvalue weighted by atomic mass is 16.5. The number of likely N-dealkylation sites (N-methyl/N-ethyl adjacent to an activating group) is 1. The first kappa shape index (κ1) is 12.8. The molecule has 2 heterocycles. The van der Waals surface area contributed by atoms with Crippen molar-refractivity contribution in [2.75, 3.05) is 39.0 Å². The predicted octanol–water partition coefficient (Wildman–Crippen LogP) is -0.937. The summed E-state index contributed by atoms with van der Waals surface area (Å²) >= 11 is 0. The van der Waals surface area contributed by atoms with Crippen molar-refractivity contribution in [2.24, 2.45) is 7.05 Å². The molecule has 1 aromatic heterocycles. The molecule has 1 aromatic rings. The average Bonchev–Trinajstić information content (AvgIpc) is 2.66. The fourth-order valence-corrected chi connectivity index (χ4v) is 2.01. The molecule has 0 radical (unpaired) electrons. The molecule has 1 amide bonds. The molecule has 0 aromatic carbocycles. The van der Waals surface area contributed by atoms with Gasteiger partial charge >= 0.3 is 0 Å². The number of hydrogen-bond donors (Lipinski definition) is 2. The molecule has 2 rings (SSSR count). The van der Waals surface area contributed by atoms with Crippen LogP contribution in [0.5, 0.6) is 0 Å². The van der Waals surface area contributed by atoms with Crippen LogP contribution in [0.4, 0.5) is 5.69 Å². The first-order valence-corrected chi connectivity index (χ1v) is 5.93. The molecule has 0 bridgehead atoms. The molecule has 1 atom stereocenters. The number of morpholine rings is 1. The van der Waals surface area contributed by atoms with E-state index in [9.17, 15) is 4.79 Å². The zero-order valence-electron chi connectivity index (χ0n) is 10.7. The number of amides is 1. The lowest BCUT2D eigenvalue weighted by Gasteiger charge is -2.30. The van der Waals surface area contributed by atoms with Gasteiger partial charge in [0.2, 0.25) is 0 Å². The fraction of sp³-hybridized carbons (Fsp3) is 0.636. The van der Waals surface area contributed by atoms with E-state index in [1.54, 1.807) is 7.05 Å². The van der Waals surface area contributed by atoms with Crippen molar-refractivity contribution in [1.82, 2.24) is 20.0 Å². The van der Waals surface area contributed by atoms with Gasteiger partial charge < -0.3 is 20.7 Å². The van der Waals surface area contributed by atoms with Crippen LogP contribution in [0.15, 0.2) is 6.20 Å². The summed E-state index contributed by atoms with van der Waals surface area (Å²) in [7, 11) is 3.73. The van der Waals surface area contributed by atoms with E-state index >= 15 is 0 Å². The Morgan fingerprint density at radius 3 is 3.06 bits per heavy atom. The van der Waals surface area contributed by atoms with Crippen molar-refractivity contribution >= 4 is 11.6 Å². The Labute approximate surface area is 106 Å². The summed E-state index contributed by atoms with van der Waals surface area (Å²) < 4.78 is 7.04. The third-order valence-electron chi connectivity index (χ3n) is 3.01. The highest BCUT2D eigenvalue weighted by molar-refractivity contribution is 5.97. The van der Waals surface area contributed by atoms with E-state index in [4.69, 9.17) is 10.5 Å². The third-order valence-corrected chi connectivity index (χ3v) is 3.01. The van der Waals surface area contributed by atoms with Crippen molar-refractivity contribution in [1.29, 1.82) is 0 Å². The van der Waals surface area contributed by atoms with Crippen LogP contribution in [0.25, 0.3) is 0 Å². The van der Waals surface area contributed by atoms with Crippen molar-refractivity contribution in [2.45, 2.75) is 6.10 Å². The van der Waals surface area contributed by atoms with Crippen molar-refractivity contribution in [3.8, 4) is 0 Å². The van der Waals surface area contributed by atoms with E-state index in [-0.39, 0.29) is 12.0 Å². The van der Waals surface area contributed by atoms with Crippen LogP contribution in [-0.2, 0) is 11.8 Å². The largest absolute Gasteiger partial charge is 0.396 e. The number of nitrogens with two attached hydrogens (primary N) is 1. The Morgan fingerprint density at radius 1 is 1.67 bits per heavy atom. The lowest BCUT2D eigenvalue weighted by atomic mass is 10.2. The van der Waals surface area contributed by atoms with Crippen LogP contribution in [0.2, 0.25) is 0 Å². The lowest BCUT2D eigenvalue weighted by molar-refractivity contribution is -0.0175. The second kappa shape index (κ2) is 5.36. The first-order valence-electron chi connectivity index (χ1n) is 5.93. The number of aryl methyl sites for hydroxylation is 1. The SMILES string of the molecule is CN1CCOC(CNC(=O)c2c(N)cnn2C)C1. The number of carbonyl (C=O) groups excluding carboxylic acids is 1. The summed E-state index contributed by atoms with van der Waals surface area (Å²) in [5.74, 6) is -0.218. The number of nitrogens with one attached hydrogen (secondary N) is 1. The Kier molecular flexibility index (Phi) is 3.83. The normalized spacial score (nSPS) is 20.9. The van der Waals surface area contributed by atoms with E-state index < -0.39 is 0 Å². The molecular formula is C11H19N5O2. The molecule has 0 spiro atoms. The van der Waals surface area contributed by atoms with Crippen molar-refractivity contribution in [3.63, 3.8) is 0 Å². The Morgan fingerprint density at radius 2 is 2.44 bits per heavy atom. The van der Waals surface area contributed by atoms with Crippen LogP contribution < -0.4 is 11.1 Å². The average molecular weight is 253 g/mol. The quantitative estimate of drug-likeness (QED) is 0.726. The van der Waals surface area contributed by atoms with Gasteiger partial charge in [-0.2, -0.15) is 5.10 Å². The summed E-state index contributed by atoms with van der Waals surface area (Å²) in [5, 5.41) is 6.76. The van der Waals surface area contributed by atoms with Gasteiger partial charge in [-0.3, -0.25) is 9.48 Å². The van der Waals surface area contributed by atoms with E-state index in [0.717, 1.165) is 13.1 Å². The fourth-order valence-electron chi connectivity index (χ4n) is 2.01. The van der Waals surface area contributed by atoms with E-state index in [1.807, 2.05) is 7.05 Å². The molecule has 7 nitrogen and oxygen atoms in total. The third kappa shape index (κ3) is 2.80. The molecule has 0 aliphatic carbocycles. The Hall–Kier alpha value is -1.60. The zero-order valence-corrected chi connectivity index (χ0v) is 10.7.